The molecule has 19 heteroatoms. The molecule has 6 N–H and O–H groups in total. The van der Waals surface area contributed by atoms with Crippen molar-refractivity contribution in [3.63, 3.8) is 0 Å². The molecular weight excluding hydrogens is 877 g/mol. The summed E-state index contributed by atoms with van der Waals surface area (Å²) in [5.74, 6) is -1.08. The first-order valence-electron chi connectivity index (χ1n) is 21.8. The van der Waals surface area contributed by atoms with E-state index in [-0.39, 0.29) is 43.0 Å². The SMILES string of the molecule is C1CCNC1.CC(C)(C)OC(=O)N[C@H](Cc1ccncc1)C(=O)N1CCCC1.CC(C)(C)OC(=O)N[C@H](Cc1ccncc1)C(=O)O.Cl.Cl.N[C@H](Cc1ccncc1)C(=O)N1CCCC1. The van der Waals surface area contributed by atoms with Crippen LogP contribution in [0.2, 0.25) is 0 Å². The number of carboxylic acids is 1. The van der Waals surface area contributed by atoms with Gasteiger partial charge >= 0.3 is 18.2 Å². The minimum Gasteiger partial charge on any atom is -0.480 e. The molecule has 3 aromatic heterocycles. The number of carbonyl (C=O) groups is 5. The Bertz CT molecular complexity index is 1820. The zero-order valence-electron chi connectivity index (χ0n) is 38.7. The first-order valence-corrected chi connectivity index (χ1v) is 21.8. The second-order valence-corrected chi connectivity index (χ2v) is 17.5. The number of halogens is 2. The predicted octanol–water partition coefficient (Wildman–Crippen LogP) is 5.53. The highest BCUT2D eigenvalue weighted by Gasteiger charge is 2.30. The minimum absolute atomic E-state index is 0. The number of aromatic nitrogens is 3. The number of hydrogen-bond donors (Lipinski definition) is 5. The second-order valence-electron chi connectivity index (χ2n) is 17.5. The van der Waals surface area contributed by atoms with Crippen LogP contribution < -0.4 is 21.7 Å². The van der Waals surface area contributed by atoms with E-state index in [2.05, 4.69) is 30.9 Å². The van der Waals surface area contributed by atoms with Gasteiger partial charge in [0.15, 0.2) is 0 Å². The van der Waals surface area contributed by atoms with Crippen LogP contribution in [0.25, 0.3) is 0 Å². The predicted molar refractivity (Wildman–Crippen MR) is 254 cm³/mol. The summed E-state index contributed by atoms with van der Waals surface area (Å²) < 4.78 is 10.3. The van der Waals surface area contributed by atoms with E-state index < -0.39 is 47.5 Å². The second kappa shape index (κ2) is 30.2. The van der Waals surface area contributed by atoms with Gasteiger partial charge in [0.25, 0.3) is 0 Å². The number of aliphatic carboxylic acids is 1. The number of carbonyl (C=O) groups excluding carboxylic acids is 4. The molecule has 3 atom stereocenters. The molecule has 3 aromatic rings. The van der Waals surface area contributed by atoms with Crippen LogP contribution in [0, 0.1) is 0 Å². The van der Waals surface area contributed by atoms with Gasteiger partial charge in [-0.05, 0) is 153 Å². The van der Waals surface area contributed by atoms with Crippen molar-refractivity contribution in [1.29, 1.82) is 0 Å². The average molecular weight is 949 g/mol. The third-order valence-electron chi connectivity index (χ3n) is 9.67. The first-order chi connectivity index (χ1) is 29.9. The summed E-state index contributed by atoms with van der Waals surface area (Å²) in [5, 5.41) is 17.4. The van der Waals surface area contributed by atoms with Gasteiger partial charge in [-0.25, -0.2) is 14.4 Å². The highest BCUT2D eigenvalue weighted by Crippen LogP contribution is 2.14. The summed E-state index contributed by atoms with van der Waals surface area (Å²) in [7, 11) is 0. The quantitative estimate of drug-likeness (QED) is 0.159. The molecule has 0 bridgehead atoms. The molecule has 3 saturated heterocycles. The van der Waals surface area contributed by atoms with Crippen molar-refractivity contribution in [2.75, 3.05) is 39.3 Å². The number of pyridine rings is 3. The molecule has 3 aliphatic rings. The zero-order chi connectivity index (χ0) is 46.3. The number of likely N-dealkylation sites (tertiary alicyclic amines) is 2. The monoisotopic (exact) mass is 947 g/mol. The van der Waals surface area contributed by atoms with Crippen LogP contribution in [0.3, 0.4) is 0 Å². The number of alkyl carbamates (subject to hydrolysis) is 2. The molecule has 6 heterocycles. The standard InChI is InChI=1S/C17H25N3O3.C13H18N2O4.C12H17N3O.C4H9N.2ClH/c1-17(2,3)23-16(22)19-14(12-13-6-8-18-9-7-13)15(21)20-10-4-5-11-20;1-13(2,3)19-12(18)15-10(11(16)17)8-9-4-6-14-7-5-9;13-11(9-10-3-5-14-6-4-10)12(16)15-7-1-2-8-15;1-2-4-5-3-1;;/h6-9,14H,4-5,10-12H2,1-3H3,(H,19,22);4-7,10H,8H2,1-3H3,(H,15,18)(H,16,17);3-6,11H,1-2,7-9,13H2;5H,1-4H2;2*1H/t14-;10-;11-;;;/m111.../s1. The first kappa shape index (κ1) is 57.9. The van der Waals surface area contributed by atoms with Crippen LogP contribution >= 0.6 is 24.8 Å². The number of amides is 4. The molecule has 0 saturated carbocycles. The van der Waals surface area contributed by atoms with Crippen molar-refractivity contribution >= 4 is 54.8 Å². The van der Waals surface area contributed by atoms with Crippen molar-refractivity contribution in [3.8, 4) is 0 Å². The Morgan fingerprint density at radius 2 is 0.938 bits per heavy atom. The maximum atomic E-state index is 12.7. The van der Waals surface area contributed by atoms with E-state index in [1.807, 2.05) is 34.1 Å². The van der Waals surface area contributed by atoms with E-state index >= 15 is 0 Å². The molecule has 0 radical (unpaired) electrons. The number of nitrogens with one attached hydrogen (secondary N) is 3. The van der Waals surface area contributed by atoms with Crippen LogP contribution in [0.5, 0.6) is 0 Å². The topological polar surface area (TPSA) is 231 Å². The maximum absolute atomic E-state index is 12.7. The number of carboxylic acid groups (broad SMARTS) is 1. The highest BCUT2D eigenvalue weighted by molar-refractivity contribution is 5.86. The molecular formula is C46H71Cl2N9O8. The Hall–Kier alpha value is -5.10. The van der Waals surface area contributed by atoms with Gasteiger partial charge in [0.05, 0.1) is 6.04 Å². The lowest BCUT2D eigenvalue weighted by Crippen LogP contribution is -2.50. The number of nitrogens with zero attached hydrogens (tertiary/aromatic N) is 5. The van der Waals surface area contributed by atoms with Crippen molar-refractivity contribution in [2.24, 2.45) is 5.73 Å². The molecule has 0 aromatic carbocycles. The molecule has 3 aliphatic heterocycles. The number of rotatable bonds is 11. The highest BCUT2D eigenvalue weighted by atomic mass is 35.5. The summed E-state index contributed by atoms with van der Waals surface area (Å²) in [6.07, 6.45) is 16.9. The van der Waals surface area contributed by atoms with Gasteiger partial charge < -0.3 is 46.1 Å². The Morgan fingerprint density at radius 1 is 0.600 bits per heavy atom. The van der Waals surface area contributed by atoms with Crippen LogP contribution in [0.1, 0.15) is 96.8 Å². The molecule has 65 heavy (non-hydrogen) atoms. The third kappa shape index (κ3) is 24.7. The number of nitrogens with two attached hydrogens (primary N) is 1. The van der Waals surface area contributed by atoms with Crippen LogP contribution in [0.15, 0.2) is 73.6 Å². The normalized spacial score (nSPS) is 15.5. The fraction of sp³-hybridized carbons (Fsp3) is 0.565. The number of hydrogen-bond acceptors (Lipinski definition) is 12. The Kier molecular flexibility index (Phi) is 26.9. The fourth-order valence-electron chi connectivity index (χ4n) is 6.62. The van der Waals surface area contributed by atoms with Gasteiger partial charge in [-0.2, -0.15) is 0 Å². The smallest absolute Gasteiger partial charge is 0.408 e. The van der Waals surface area contributed by atoms with E-state index in [4.69, 9.17) is 20.3 Å². The van der Waals surface area contributed by atoms with Gasteiger partial charge in [-0.1, -0.05) is 0 Å². The molecule has 0 aliphatic carbocycles. The van der Waals surface area contributed by atoms with Crippen molar-refractivity contribution in [2.45, 2.75) is 129 Å². The number of ether oxygens (including phenoxy) is 2. The average Bonchev–Trinajstić information content (AvgIpc) is 4.07. The zero-order valence-corrected chi connectivity index (χ0v) is 40.3. The van der Waals surface area contributed by atoms with Gasteiger partial charge in [0, 0.05) is 76.2 Å². The van der Waals surface area contributed by atoms with E-state index in [1.54, 1.807) is 90.9 Å². The van der Waals surface area contributed by atoms with E-state index in [1.165, 1.54) is 25.9 Å². The van der Waals surface area contributed by atoms with Crippen molar-refractivity contribution in [3.05, 3.63) is 90.3 Å². The van der Waals surface area contributed by atoms with Crippen LogP contribution in [0.4, 0.5) is 9.59 Å². The third-order valence-corrected chi connectivity index (χ3v) is 9.67. The van der Waals surface area contributed by atoms with E-state index in [9.17, 15) is 24.0 Å². The Balaban J connectivity index is 0.000000460. The van der Waals surface area contributed by atoms with Gasteiger partial charge in [0.2, 0.25) is 11.8 Å². The molecule has 0 spiro atoms. The summed E-state index contributed by atoms with van der Waals surface area (Å²) >= 11 is 0. The molecule has 6 rings (SSSR count). The molecule has 17 nitrogen and oxygen atoms in total. The molecule has 0 unspecified atom stereocenters. The van der Waals surface area contributed by atoms with Crippen LogP contribution in [-0.2, 0) is 43.1 Å². The lowest BCUT2D eigenvalue weighted by molar-refractivity contribution is -0.139. The lowest BCUT2D eigenvalue weighted by Gasteiger charge is -2.26. The largest absolute Gasteiger partial charge is 0.480 e. The Morgan fingerprint density at radius 3 is 1.28 bits per heavy atom. The molecule has 362 valence electrons. The van der Waals surface area contributed by atoms with Gasteiger partial charge in [-0.3, -0.25) is 24.5 Å². The maximum Gasteiger partial charge on any atom is 0.408 e. The summed E-state index contributed by atoms with van der Waals surface area (Å²) in [6, 6.07) is 8.83. The Labute approximate surface area is 396 Å². The van der Waals surface area contributed by atoms with Crippen molar-refractivity contribution < 1.29 is 38.6 Å². The van der Waals surface area contributed by atoms with Crippen molar-refractivity contribution in [1.82, 2.24) is 40.7 Å². The van der Waals surface area contributed by atoms with Gasteiger partial charge in [-0.15, -0.1) is 24.8 Å². The summed E-state index contributed by atoms with van der Waals surface area (Å²) in [5.41, 5.74) is 7.45. The summed E-state index contributed by atoms with van der Waals surface area (Å²) in [6.45, 7) is 16.3. The molecule has 3 fully saturated rings. The van der Waals surface area contributed by atoms with Gasteiger partial charge in [0.1, 0.15) is 23.3 Å². The van der Waals surface area contributed by atoms with Crippen LogP contribution in [-0.4, -0.2) is 128 Å². The lowest BCUT2D eigenvalue weighted by atomic mass is 10.1. The van der Waals surface area contributed by atoms with E-state index in [0.29, 0.717) is 12.8 Å². The summed E-state index contributed by atoms with van der Waals surface area (Å²) in [4.78, 5) is 74.8. The fourth-order valence-corrected chi connectivity index (χ4v) is 6.62. The molecule has 4 amide bonds. The minimum atomic E-state index is -1.11. The van der Waals surface area contributed by atoms with E-state index in [0.717, 1.165) is 68.6 Å².